The predicted octanol–water partition coefficient (Wildman–Crippen LogP) is 1.36. The Morgan fingerprint density at radius 1 is 1.50 bits per heavy atom. The highest BCUT2D eigenvalue weighted by Crippen LogP contribution is 1.99. The van der Waals surface area contributed by atoms with Gasteiger partial charge in [-0.3, -0.25) is 4.79 Å². The first-order valence-electron chi connectivity index (χ1n) is 4.24. The Balaban J connectivity index is 3.79. The molecular formula is C10H15NO3. The van der Waals surface area contributed by atoms with Gasteiger partial charge in [0, 0.05) is 0 Å². The van der Waals surface area contributed by atoms with E-state index in [1.54, 1.807) is 6.08 Å². The van der Waals surface area contributed by atoms with Crippen molar-refractivity contribution in [2.45, 2.75) is 18.9 Å². The fraction of sp³-hybridized carbons (Fsp3) is 0.300. The lowest BCUT2D eigenvalue weighted by Crippen LogP contribution is -2.29. The van der Waals surface area contributed by atoms with E-state index >= 15 is 0 Å². The van der Waals surface area contributed by atoms with Crippen LogP contribution in [0.3, 0.4) is 0 Å². The van der Waals surface area contributed by atoms with Gasteiger partial charge in [-0.2, -0.15) is 0 Å². The van der Waals surface area contributed by atoms with E-state index in [4.69, 9.17) is 15.9 Å². The second kappa shape index (κ2) is 6.91. The van der Waals surface area contributed by atoms with Crippen molar-refractivity contribution in [1.29, 1.82) is 0 Å². The molecule has 0 amide bonds. The van der Waals surface area contributed by atoms with Crippen molar-refractivity contribution in [3.8, 4) is 0 Å². The summed E-state index contributed by atoms with van der Waals surface area (Å²) >= 11 is 0. The van der Waals surface area contributed by atoms with Crippen molar-refractivity contribution in [3.63, 3.8) is 0 Å². The van der Waals surface area contributed by atoms with Gasteiger partial charge in [0.2, 0.25) is 0 Å². The average Bonchev–Trinajstić information content (AvgIpc) is 2.12. The van der Waals surface area contributed by atoms with Crippen LogP contribution in [0.2, 0.25) is 0 Å². The Bertz CT molecular complexity index is 256. The normalized spacial score (nSPS) is 14.2. The minimum atomic E-state index is -1.01. The molecule has 0 aliphatic rings. The van der Waals surface area contributed by atoms with Crippen LogP contribution in [0.25, 0.3) is 0 Å². The lowest BCUT2D eigenvalue weighted by molar-refractivity contribution is -0.138. The molecule has 0 saturated carbocycles. The Hall–Kier alpha value is -1.55. The zero-order valence-electron chi connectivity index (χ0n) is 7.89. The van der Waals surface area contributed by atoms with Crippen molar-refractivity contribution in [2.75, 3.05) is 0 Å². The highest BCUT2D eigenvalue weighted by Gasteiger charge is 2.08. The number of carboxylic acids is 1. The number of allylic oxidation sites excluding steroid dienone is 4. The van der Waals surface area contributed by atoms with E-state index in [-0.39, 0.29) is 5.76 Å². The summed E-state index contributed by atoms with van der Waals surface area (Å²) < 4.78 is 0. The molecule has 4 N–H and O–H groups in total. The summed E-state index contributed by atoms with van der Waals surface area (Å²) in [6, 6.07) is -0.842. The maximum atomic E-state index is 10.3. The molecule has 14 heavy (non-hydrogen) atoms. The number of aliphatic hydroxyl groups is 1. The van der Waals surface area contributed by atoms with E-state index < -0.39 is 12.0 Å². The second-order valence-corrected chi connectivity index (χ2v) is 2.75. The van der Waals surface area contributed by atoms with Gasteiger partial charge in [-0.05, 0) is 25.0 Å². The highest BCUT2D eigenvalue weighted by atomic mass is 16.4. The van der Waals surface area contributed by atoms with Crippen molar-refractivity contribution < 1.29 is 15.0 Å². The molecule has 0 radical (unpaired) electrons. The lowest BCUT2D eigenvalue weighted by Gasteiger charge is -2.01. The van der Waals surface area contributed by atoms with Crippen LogP contribution in [0.1, 0.15) is 12.8 Å². The van der Waals surface area contributed by atoms with Crippen LogP contribution in [0, 0.1) is 0 Å². The number of rotatable bonds is 6. The second-order valence-electron chi connectivity index (χ2n) is 2.75. The summed E-state index contributed by atoms with van der Waals surface area (Å²) in [5.41, 5.74) is 5.27. The van der Waals surface area contributed by atoms with Gasteiger partial charge in [-0.1, -0.05) is 18.7 Å². The molecule has 0 aliphatic carbocycles. The smallest absolute Gasteiger partial charge is 0.320 e. The number of carboxylic acid groups (broad SMARTS) is 1. The fourth-order valence-corrected chi connectivity index (χ4v) is 0.780. The van der Waals surface area contributed by atoms with Gasteiger partial charge in [0.05, 0.1) is 0 Å². The maximum absolute atomic E-state index is 10.3. The van der Waals surface area contributed by atoms with Crippen molar-refractivity contribution in [3.05, 3.63) is 36.6 Å². The maximum Gasteiger partial charge on any atom is 0.320 e. The van der Waals surface area contributed by atoms with Crippen LogP contribution in [-0.4, -0.2) is 22.2 Å². The fourth-order valence-electron chi connectivity index (χ4n) is 0.780. The molecule has 0 spiro atoms. The van der Waals surface area contributed by atoms with Crippen molar-refractivity contribution in [1.82, 2.24) is 0 Å². The number of hydrogen-bond donors (Lipinski definition) is 3. The van der Waals surface area contributed by atoms with E-state index in [0.29, 0.717) is 12.8 Å². The highest BCUT2D eigenvalue weighted by molar-refractivity contribution is 5.72. The Kier molecular flexibility index (Phi) is 6.15. The molecule has 0 heterocycles. The summed E-state index contributed by atoms with van der Waals surface area (Å²) in [6.45, 7) is 3.41. The molecule has 0 aromatic rings. The average molecular weight is 197 g/mol. The van der Waals surface area contributed by atoms with Crippen LogP contribution < -0.4 is 5.73 Å². The van der Waals surface area contributed by atoms with Crippen LogP contribution in [0.5, 0.6) is 0 Å². The molecule has 0 fully saturated rings. The first kappa shape index (κ1) is 12.4. The summed E-state index contributed by atoms with van der Waals surface area (Å²) in [6.07, 6.45) is 6.92. The number of carbonyl (C=O) groups is 1. The summed E-state index contributed by atoms with van der Waals surface area (Å²) in [5.74, 6) is -0.923. The van der Waals surface area contributed by atoms with E-state index in [1.165, 1.54) is 18.2 Å². The third kappa shape index (κ3) is 6.02. The SMILES string of the molecule is C=C/C=C(O)\C=C/CCC(N)C(=O)O. The number of aliphatic carboxylic acids is 1. The Morgan fingerprint density at radius 2 is 2.14 bits per heavy atom. The minimum Gasteiger partial charge on any atom is -0.508 e. The first-order chi connectivity index (χ1) is 6.57. The molecule has 0 aromatic heterocycles. The zero-order valence-corrected chi connectivity index (χ0v) is 7.89. The quantitative estimate of drug-likeness (QED) is 0.443. The molecule has 4 heteroatoms. The molecule has 0 saturated heterocycles. The van der Waals surface area contributed by atoms with Gasteiger partial charge < -0.3 is 15.9 Å². The van der Waals surface area contributed by atoms with Gasteiger partial charge in [0.25, 0.3) is 0 Å². The van der Waals surface area contributed by atoms with Crippen LogP contribution in [0.15, 0.2) is 36.6 Å². The minimum absolute atomic E-state index is 0.0869. The number of nitrogens with two attached hydrogens (primary N) is 1. The van der Waals surface area contributed by atoms with E-state index in [0.717, 1.165) is 0 Å². The third-order valence-electron chi connectivity index (χ3n) is 1.54. The van der Waals surface area contributed by atoms with E-state index in [9.17, 15) is 4.79 Å². The summed E-state index contributed by atoms with van der Waals surface area (Å²) in [5, 5.41) is 17.5. The van der Waals surface area contributed by atoms with Gasteiger partial charge in [0.1, 0.15) is 11.8 Å². The number of aliphatic hydroxyl groups excluding tert-OH is 1. The molecule has 0 aliphatic heterocycles. The van der Waals surface area contributed by atoms with Crippen LogP contribution >= 0.6 is 0 Å². The standard InChI is InChI=1S/C10H15NO3/c1-2-5-8(12)6-3-4-7-9(11)10(13)14/h2-3,5-6,9,12H,1,4,7,11H2,(H,13,14)/b6-3-,8-5+. The molecule has 4 nitrogen and oxygen atoms in total. The molecule has 0 aromatic carbocycles. The van der Waals surface area contributed by atoms with Crippen LogP contribution in [0.4, 0.5) is 0 Å². The molecule has 78 valence electrons. The van der Waals surface area contributed by atoms with Gasteiger partial charge in [-0.25, -0.2) is 0 Å². The summed E-state index contributed by atoms with van der Waals surface area (Å²) in [7, 11) is 0. The zero-order chi connectivity index (χ0) is 11.0. The van der Waals surface area contributed by atoms with Gasteiger partial charge >= 0.3 is 5.97 Å². The first-order valence-corrected chi connectivity index (χ1v) is 4.24. The van der Waals surface area contributed by atoms with E-state index in [1.807, 2.05) is 0 Å². The predicted molar refractivity (Wildman–Crippen MR) is 54.9 cm³/mol. The van der Waals surface area contributed by atoms with Gasteiger partial charge in [0.15, 0.2) is 0 Å². The van der Waals surface area contributed by atoms with Crippen molar-refractivity contribution >= 4 is 5.97 Å². The number of hydrogen-bond acceptors (Lipinski definition) is 3. The Morgan fingerprint density at radius 3 is 2.64 bits per heavy atom. The molecule has 1 unspecified atom stereocenters. The van der Waals surface area contributed by atoms with Crippen LogP contribution in [-0.2, 0) is 4.79 Å². The van der Waals surface area contributed by atoms with Gasteiger partial charge in [-0.15, -0.1) is 0 Å². The third-order valence-corrected chi connectivity index (χ3v) is 1.54. The topological polar surface area (TPSA) is 83.5 Å². The molecule has 1 atom stereocenters. The molecule has 0 bridgehead atoms. The van der Waals surface area contributed by atoms with Crippen molar-refractivity contribution in [2.24, 2.45) is 5.73 Å². The lowest BCUT2D eigenvalue weighted by atomic mass is 10.1. The van der Waals surface area contributed by atoms with E-state index in [2.05, 4.69) is 6.58 Å². The molecular weight excluding hydrogens is 182 g/mol. The summed E-state index contributed by atoms with van der Waals surface area (Å²) in [4.78, 5) is 10.3. The molecule has 0 rings (SSSR count). The largest absolute Gasteiger partial charge is 0.508 e. The Labute approximate surface area is 83.0 Å². The monoisotopic (exact) mass is 197 g/mol.